The van der Waals surface area contributed by atoms with Crippen molar-refractivity contribution in [3.8, 4) is 29.0 Å². The SMILES string of the molecule is COc1cc(Nc2cc(N)c(C#N)c(OCC3CC3)n2)ccc1-c1cnco1. The van der Waals surface area contributed by atoms with Crippen LogP contribution in [-0.4, -0.2) is 23.7 Å². The molecule has 0 bridgehead atoms. The molecule has 2 heterocycles. The number of methoxy groups -OCH3 is 1. The van der Waals surface area contributed by atoms with E-state index in [4.69, 9.17) is 19.6 Å². The number of benzene rings is 1. The van der Waals surface area contributed by atoms with Gasteiger partial charge in [-0.3, -0.25) is 0 Å². The molecule has 0 aliphatic heterocycles. The minimum atomic E-state index is 0.252. The quantitative estimate of drug-likeness (QED) is 0.639. The Kier molecular flexibility index (Phi) is 4.72. The normalized spacial score (nSPS) is 13.0. The van der Waals surface area contributed by atoms with E-state index in [2.05, 4.69) is 21.4 Å². The lowest BCUT2D eigenvalue weighted by molar-refractivity contribution is 0.288. The molecule has 0 spiro atoms. The first-order valence-electron chi connectivity index (χ1n) is 8.85. The predicted molar refractivity (Wildman–Crippen MR) is 103 cm³/mol. The Bertz CT molecular complexity index is 1020. The van der Waals surface area contributed by atoms with Crippen LogP contribution in [0.2, 0.25) is 0 Å². The van der Waals surface area contributed by atoms with Crippen LogP contribution >= 0.6 is 0 Å². The summed E-state index contributed by atoms with van der Waals surface area (Å²) in [5.74, 6) is 2.51. The maximum Gasteiger partial charge on any atom is 0.235 e. The number of hydrogen-bond donors (Lipinski definition) is 2. The van der Waals surface area contributed by atoms with Crippen molar-refractivity contribution < 1.29 is 13.9 Å². The van der Waals surface area contributed by atoms with E-state index < -0.39 is 0 Å². The van der Waals surface area contributed by atoms with Crippen molar-refractivity contribution in [3.05, 3.63) is 42.4 Å². The number of ether oxygens (including phenoxy) is 2. The molecule has 28 heavy (non-hydrogen) atoms. The molecule has 8 heteroatoms. The zero-order valence-corrected chi connectivity index (χ0v) is 15.3. The number of anilines is 3. The summed E-state index contributed by atoms with van der Waals surface area (Å²) in [5.41, 5.74) is 8.12. The number of nitrogens with one attached hydrogen (secondary N) is 1. The van der Waals surface area contributed by atoms with Gasteiger partial charge in [-0.15, -0.1) is 0 Å². The molecule has 3 N–H and O–H groups in total. The monoisotopic (exact) mass is 377 g/mol. The van der Waals surface area contributed by atoms with E-state index in [9.17, 15) is 5.26 Å². The van der Waals surface area contributed by atoms with Gasteiger partial charge in [0.2, 0.25) is 5.88 Å². The third-order valence-electron chi connectivity index (χ3n) is 4.45. The molecule has 1 aromatic carbocycles. The fourth-order valence-corrected chi connectivity index (χ4v) is 2.77. The standard InChI is InChI=1S/C20H19N5O3/c1-26-17-6-13(4-5-14(17)18-9-23-11-28-18)24-19-7-16(22)15(8-21)20(25-19)27-10-12-2-3-12/h4-7,9,11-12H,2-3,10H2,1H3,(H3,22,24,25). The van der Waals surface area contributed by atoms with Crippen LogP contribution in [0.15, 0.2) is 41.3 Å². The van der Waals surface area contributed by atoms with Gasteiger partial charge in [-0.05, 0) is 30.9 Å². The molecule has 0 unspecified atom stereocenters. The fourth-order valence-electron chi connectivity index (χ4n) is 2.77. The van der Waals surface area contributed by atoms with Crippen molar-refractivity contribution in [2.45, 2.75) is 12.8 Å². The van der Waals surface area contributed by atoms with Crippen molar-refractivity contribution in [1.29, 1.82) is 5.26 Å². The van der Waals surface area contributed by atoms with Gasteiger partial charge < -0.3 is 24.9 Å². The van der Waals surface area contributed by atoms with E-state index >= 15 is 0 Å². The van der Waals surface area contributed by atoms with E-state index in [0.29, 0.717) is 35.5 Å². The van der Waals surface area contributed by atoms with Gasteiger partial charge in [0.25, 0.3) is 0 Å². The van der Waals surface area contributed by atoms with Crippen molar-refractivity contribution in [3.63, 3.8) is 0 Å². The van der Waals surface area contributed by atoms with Crippen LogP contribution in [0.3, 0.4) is 0 Å². The lowest BCUT2D eigenvalue weighted by atomic mass is 10.1. The topological polar surface area (TPSA) is 119 Å². The number of nitrogens with two attached hydrogens (primary N) is 1. The first-order chi connectivity index (χ1) is 13.7. The highest BCUT2D eigenvalue weighted by atomic mass is 16.5. The first kappa shape index (κ1) is 17.7. The van der Waals surface area contributed by atoms with Gasteiger partial charge in [-0.1, -0.05) is 0 Å². The fraction of sp³-hybridized carbons (Fsp3) is 0.250. The molecule has 2 aromatic heterocycles. The second-order valence-corrected chi connectivity index (χ2v) is 6.55. The number of nitrogen functional groups attached to an aromatic ring is 1. The van der Waals surface area contributed by atoms with Crippen LogP contribution in [0.4, 0.5) is 17.2 Å². The zero-order valence-electron chi connectivity index (χ0n) is 15.3. The summed E-state index contributed by atoms with van der Waals surface area (Å²) in [7, 11) is 1.58. The maximum atomic E-state index is 9.35. The summed E-state index contributed by atoms with van der Waals surface area (Å²) >= 11 is 0. The van der Waals surface area contributed by atoms with Gasteiger partial charge >= 0.3 is 0 Å². The molecule has 4 rings (SSSR count). The third kappa shape index (κ3) is 3.69. The Morgan fingerprint density at radius 2 is 2.21 bits per heavy atom. The smallest absolute Gasteiger partial charge is 0.235 e. The van der Waals surface area contributed by atoms with Crippen molar-refractivity contribution in [2.75, 3.05) is 24.8 Å². The summed E-state index contributed by atoms with van der Waals surface area (Å²) in [6, 6.07) is 9.21. The number of hydrogen-bond acceptors (Lipinski definition) is 8. The molecule has 0 amide bonds. The molecule has 8 nitrogen and oxygen atoms in total. The van der Waals surface area contributed by atoms with E-state index in [0.717, 1.165) is 24.1 Å². The Balaban J connectivity index is 1.60. The summed E-state index contributed by atoms with van der Waals surface area (Å²) in [6.07, 6.45) is 5.28. The number of nitriles is 1. The second kappa shape index (κ2) is 7.48. The van der Waals surface area contributed by atoms with E-state index in [1.54, 1.807) is 19.4 Å². The molecule has 0 radical (unpaired) electrons. The molecule has 142 valence electrons. The van der Waals surface area contributed by atoms with E-state index in [-0.39, 0.29) is 11.4 Å². The summed E-state index contributed by atoms with van der Waals surface area (Å²) in [5, 5.41) is 12.5. The van der Waals surface area contributed by atoms with Crippen molar-refractivity contribution >= 4 is 17.2 Å². The van der Waals surface area contributed by atoms with Crippen LogP contribution in [-0.2, 0) is 0 Å². The van der Waals surface area contributed by atoms with Crippen molar-refractivity contribution in [1.82, 2.24) is 9.97 Å². The summed E-state index contributed by atoms with van der Waals surface area (Å²) in [4.78, 5) is 8.35. The van der Waals surface area contributed by atoms with Crippen LogP contribution in [0.1, 0.15) is 18.4 Å². The molecular weight excluding hydrogens is 358 g/mol. The minimum Gasteiger partial charge on any atom is -0.496 e. The number of aromatic nitrogens is 2. The van der Waals surface area contributed by atoms with Crippen molar-refractivity contribution in [2.24, 2.45) is 5.92 Å². The van der Waals surface area contributed by atoms with Gasteiger partial charge in [0, 0.05) is 17.8 Å². The van der Waals surface area contributed by atoms with E-state index in [1.807, 2.05) is 18.2 Å². The van der Waals surface area contributed by atoms with Gasteiger partial charge in [0.05, 0.1) is 31.2 Å². The average Bonchev–Trinajstić information content (AvgIpc) is 3.37. The Morgan fingerprint density at radius 3 is 2.89 bits per heavy atom. The largest absolute Gasteiger partial charge is 0.496 e. The number of nitrogens with zero attached hydrogens (tertiary/aromatic N) is 3. The number of oxazole rings is 1. The highest BCUT2D eigenvalue weighted by molar-refractivity contribution is 5.73. The molecule has 1 saturated carbocycles. The van der Waals surface area contributed by atoms with Gasteiger partial charge in [-0.2, -0.15) is 10.2 Å². The highest BCUT2D eigenvalue weighted by Gasteiger charge is 2.23. The summed E-state index contributed by atoms with van der Waals surface area (Å²) in [6.45, 7) is 0.546. The molecular formula is C20H19N5O3. The predicted octanol–water partition coefficient (Wildman–Crippen LogP) is 3.73. The molecule has 1 aliphatic rings. The van der Waals surface area contributed by atoms with Gasteiger partial charge in [-0.25, -0.2) is 4.98 Å². The van der Waals surface area contributed by atoms with Crippen LogP contribution in [0.25, 0.3) is 11.3 Å². The third-order valence-corrected chi connectivity index (χ3v) is 4.45. The lowest BCUT2D eigenvalue weighted by Crippen LogP contribution is -2.06. The molecule has 0 atom stereocenters. The van der Waals surface area contributed by atoms with E-state index in [1.165, 1.54) is 6.39 Å². The average molecular weight is 377 g/mol. The highest BCUT2D eigenvalue weighted by Crippen LogP contribution is 2.35. The molecule has 1 aliphatic carbocycles. The Hall–Kier alpha value is -3.73. The molecule has 1 fully saturated rings. The molecule has 3 aromatic rings. The first-order valence-corrected chi connectivity index (χ1v) is 8.85. The Labute approximate surface area is 161 Å². The van der Waals surface area contributed by atoms with Gasteiger partial charge in [0.15, 0.2) is 12.2 Å². The van der Waals surface area contributed by atoms with Crippen LogP contribution < -0.4 is 20.5 Å². The van der Waals surface area contributed by atoms with Crippen LogP contribution in [0, 0.1) is 17.2 Å². The molecule has 0 saturated heterocycles. The lowest BCUT2D eigenvalue weighted by Gasteiger charge is -2.13. The second-order valence-electron chi connectivity index (χ2n) is 6.55. The number of rotatable bonds is 7. The van der Waals surface area contributed by atoms with Gasteiger partial charge in [0.1, 0.15) is 23.2 Å². The number of pyridine rings is 1. The maximum absolute atomic E-state index is 9.35. The minimum absolute atomic E-state index is 0.252. The van der Waals surface area contributed by atoms with Crippen LogP contribution in [0.5, 0.6) is 11.6 Å². The zero-order chi connectivity index (χ0) is 19.5. The summed E-state index contributed by atoms with van der Waals surface area (Å²) < 4.78 is 16.5. The Morgan fingerprint density at radius 1 is 1.36 bits per heavy atom.